The molecule has 0 saturated heterocycles. The average molecular weight is 317 g/mol. The molecule has 0 saturated carbocycles. The van der Waals surface area contributed by atoms with Crippen LogP contribution in [0, 0.1) is 0 Å². The van der Waals surface area contributed by atoms with Gasteiger partial charge >= 0.3 is 0 Å². The van der Waals surface area contributed by atoms with Gasteiger partial charge < -0.3 is 9.47 Å². The largest absolute Gasteiger partial charge is 0.496 e. The van der Waals surface area contributed by atoms with Crippen LogP contribution in [0.1, 0.15) is 37.4 Å². The fraction of sp³-hybridized carbons (Fsp3) is 0.176. The van der Waals surface area contributed by atoms with E-state index in [1.807, 2.05) is 0 Å². The first-order valence-corrected chi connectivity index (χ1v) is 7.19. The van der Waals surface area contributed by atoms with Crippen LogP contribution >= 0.6 is 11.6 Å². The molecule has 0 fully saturated rings. The van der Waals surface area contributed by atoms with E-state index in [2.05, 4.69) is 0 Å². The predicted molar refractivity (Wildman–Crippen MR) is 82.4 cm³/mol. The summed E-state index contributed by atoms with van der Waals surface area (Å²) in [6.45, 7) is 0. The Morgan fingerprint density at radius 3 is 2.23 bits per heavy atom. The summed E-state index contributed by atoms with van der Waals surface area (Å²) < 4.78 is 10.5. The lowest BCUT2D eigenvalue weighted by atomic mass is 9.82. The Hall–Kier alpha value is -2.33. The molecule has 2 aromatic carbocycles. The van der Waals surface area contributed by atoms with Gasteiger partial charge in [0.1, 0.15) is 11.5 Å². The molecule has 0 aromatic heterocycles. The van der Waals surface area contributed by atoms with Gasteiger partial charge in [-0.2, -0.15) is 0 Å². The Labute approximate surface area is 132 Å². The minimum Gasteiger partial charge on any atom is -0.496 e. The lowest BCUT2D eigenvalue weighted by Crippen LogP contribution is -2.22. The summed E-state index contributed by atoms with van der Waals surface area (Å²) in [5, 5.41) is 0. The number of benzene rings is 2. The average Bonchev–Trinajstić information content (AvgIpc) is 2.57. The molecule has 0 N–H and O–H groups in total. The molecule has 0 heterocycles. The number of methoxy groups -OCH3 is 2. The van der Waals surface area contributed by atoms with Gasteiger partial charge in [-0.3, -0.25) is 9.59 Å². The Morgan fingerprint density at radius 1 is 0.909 bits per heavy atom. The highest BCUT2D eigenvalue weighted by Crippen LogP contribution is 2.38. The van der Waals surface area contributed by atoms with E-state index >= 15 is 0 Å². The minimum atomic E-state index is -0.278. The normalized spacial score (nSPS) is 12.7. The number of ether oxygens (including phenoxy) is 2. The molecule has 3 rings (SSSR count). The maximum atomic E-state index is 12.9. The number of hydrogen-bond acceptors (Lipinski definition) is 4. The highest BCUT2D eigenvalue weighted by atomic mass is 35.5. The number of carbonyl (C=O) groups is 2. The highest BCUT2D eigenvalue weighted by Gasteiger charge is 2.35. The molecule has 2 aromatic rings. The summed E-state index contributed by atoms with van der Waals surface area (Å²) in [5.41, 5.74) is 1.92. The lowest BCUT2D eigenvalue weighted by Gasteiger charge is -2.22. The SMILES string of the molecule is COc1cccc2c1C(=O)c1c(OC)cc(CCl)cc1C2=O. The molecule has 4 nitrogen and oxygen atoms in total. The first-order valence-electron chi connectivity index (χ1n) is 6.65. The molecule has 0 spiro atoms. The second-order valence-electron chi connectivity index (χ2n) is 4.90. The second kappa shape index (κ2) is 5.46. The number of halogens is 1. The quantitative estimate of drug-likeness (QED) is 0.696. The molecule has 0 atom stereocenters. The summed E-state index contributed by atoms with van der Waals surface area (Å²) in [7, 11) is 2.93. The molecule has 5 heteroatoms. The van der Waals surface area contributed by atoms with Gasteiger partial charge in [0.15, 0.2) is 5.78 Å². The van der Waals surface area contributed by atoms with E-state index in [-0.39, 0.29) is 28.6 Å². The Balaban J connectivity index is 2.33. The maximum Gasteiger partial charge on any atom is 0.201 e. The van der Waals surface area contributed by atoms with Crippen molar-refractivity contribution in [3.8, 4) is 11.5 Å². The second-order valence-corrected chi connectivity index (χ2v) is 5.16. The fourth-order valence-electron chi connectivity index (χ4n) is 2.72. The van der Waals surface area contributed by atoms with Crippen LogP contribution in [0.5, 0.6) is 11.5 Å². The van der Waals surface area contributed by atoms with Gasteiger partial charge in [0.05, 0.1) is 25.3 Å². The van der Waals surface area contributed by atoms with Crippen molar-refractivity contribution in [2.24, 2.45) is 0 Å². The summed E-state index contributed by atoms with van der Waals surface area (Å²) in [4.78, 5) is 25.6. The molecule has 0 bridgehead atoms. The van der Waals surface area contributed by atoms with Crippen LogP contribution < -0.4 is 9.47 Å². The van der Waals surface area contributed by atoms with Crippen LogP contribution in [-0.4, -0.2) is 25.8 Å². The number of carbonyl (C=O) groups excluding carboxylic acids is 2. The van der Waals surface area contributed by atoms with Crippen LogP contribution in [0.4, 0.5) is 0 Å². The summed E-state index contributed by atoms with van der Waals surface area (Å²) in [5.74, 6) is 0.456. The van der Waals surface area contributed by atoms with Crippen molar-refractivity contribution < 1.29 is 19.1 Å². The zero-order valence-corrected chi connectivity index (χ0v) is 12.9. The summed E-state index contributed by atoms with van der Waals surface area (Å²) >= 11 is 5.86. The third kappa shape index (κ3) is 1.99. The molecule has 0 amide bonds. The number of hydrogen-bond donors (Lipinski definition) is 0. The van der Waals surface area contributed by atoms with Gasteiger partial charge in [-0.1, -0.05) is 12.1 Å². The van der Waals surface area contributed by atoms with Gasteiger partial charge in [-0.05, 0) is 23.8 Å². The smallest absolute Gasteiger partial charge is 0.201 e. The molecule has 1 aliphatic carbocycles. The Bertz CT molecular complexity index is 795. The van der Waals surface area contributed by atoms with Gasteiger partial charge in [-0.15, -0.1) is 11.6 Å². The van der Waals surface area contributed by atoms with Crippen molar-refractivity contribution in [2.45, 2.75) is 5.88 Å². The van der Waals surface area contributed by atoms with Crippen LogP contribution in [0.3, 0.4) is 0 Å². The van der Waals surface area contributed by atoms with Crippen molar-refractivity contribution >= 4 is 23.2 Å². The molecular weight excluding hydrogens is 304 g/mol. The monoisotopic (exact) mass is 316 g/mol. The molecule has 22 heavy (non-hydrogen) atoms. The van der Waals surface area contributed by atoms with Gasteiger partial charge in [0.25, 0.3) is 0 Å². The first kappa shape index (κ1) is 14.6. The van der Waals surface area contributed by atoms with E-state index < -0.39 is 0 Å². The van der Waals surface area contributed by atoms with E-state index in [0.29, 0.717) is 22.6 Å². The van der Waals surface area contributed by atoms with Crippen LogP contribution in [0.25, 0.3) is 0 Å². The molecule has 0 radical (unpaired) electrons. The summed E-state index contributed by atoms with van der Waals surface area (Å²) in [6, 6.07) is 8.30. The molecule has 0 unspecified atom stereocenters. The number of alkyl halides is 1. The predicted octanol–water partition coefficient (Wildman–Crippen LogP) is 3.22. The fourth-order valence-corrected chi connectivity index (χ4v) is 2.87. The zero-order chi connectivity index (χ0) is 15.9. The van der Waals surface area contributed by atoms with Crippen LogP contribution in [-0.2, 0) is 5.88 Å². The van der Waals surface area contributed by atoms with E-state index in [1.54, 1.807) is 30.3 Å². The van der Waals surface area contributed by atoms with Crippen molar-refractivity contribution in [3.05, 3.63) is 58.1 Å². The Kier molecular flexibility index (Phi) is 3.62. The third-order valence-corrected chi connectivity index (χ3v) is 4.03. The highest BCUT2D eigenvalue weighted by molar-refractivity contribution is 6.30. The van der Waals surface area contributed by atoms with Crippen LogP contribution in [0.2, 0.25) is 0 Å². The van der Waals surface area contributed by atoms with Crippen molar-refractivity contribution in [1.82, 2.24) is 0 Å². The van der Waals surface area contributed by atoms with E-state index in [0.717, 1.165) is 5.56 Å². The summed E-state index contributed by atoms with van der Waals surface area (Å²) in [6.07, 6.45) is 0. The maximum absolute atomic E-state index is 12.9. The van der Waals surface area contributed by atoms with Crippen molar-refractivity contribution in [3.63, 3.8) is 0 Å². The number of ketones is 2. The minimum absolute atomic E-state index is 0.228. The lowest BCUT2D eigenvalue weighted by molar-refractivity contribution is 0.0974. The molecule has 0 aliphatic heterocycles. The molecule has 1 aliphatic rings. The number of rotatable bonds is 3. The topological polar surface area (TPSA) is 52.6 Å². The van der Waals surface area contributed by atoms with Gasteiger partial charge in [-0.25, -0.2) is 0 Å². The number of fused-ring (bicyclic) bond motifs is 2. The van der Waals surface area contributed by atoms with Gasteiger partial charge in [0, 0.05) is 17.0 Å². The van der Waals surface area contributed by atoms with E-state index in [9.17, 15) is 9.59 Å². The van der Waals surface area contributed by atoms with Crippen LogP contribution in [0.15, 0.2) is 30.3 Å². The molecular formula is C17H13ClO4. The van der Waals surface area contributed by atoms with Crippen molar-refractivity contribution in [2.75, 3.05) is 14.2 Å². The van der Waals surface area contributed by atoms with Gasteiger partial charge in [0.2, 0.25) is 5.78 Å². The van der Waals surface area contributed by atoms with Crippen molar-refractivity contribution in [1.29, 1.82) is 0 Å². The standard InChI is InChI=1S/C17H13ClO4/c1-21-12-5-3-4-10-14(12)17(20)15-11(16(10)19)6-9(8-18)7-13(15)22-2/h3-7H,8H2,1-2H3. The molecule has 112 valence electrons. The van der Waals surface area contributed by atoms with E-state index in [4.69, 9.17) is 21.1 Å². The zero-order valence-electron chi connectivity index (χ0n) is 12.1. The Morgan fingerprint density at radius 2 is 1.59 bits per heavy atom. The van der Waals surface area contributed by atoms with E-state index in [1.165, 1.54) is 14.2 Å². The third-order valence-electron chi connectivity index (χ3n) is 3.73. The first-order chi connectivity index (χ1) is 10.6.